The minimum absolute atomic E-state index is 0.0142. The van der Waals surface area contributed by atoms with Crippen LogP contribution in [0.4, 0.5) is 0 Å². The zero-order valence-corrected chi connectivity index (χ0v) is 14.9. The molecule has 0 aliphatic rings. The largest absolute Gasteiger partial charge is 0.317 e. The van der Waals surface area contributed by atoms with Gasteiger partial charge in [-0.25, -0.2) is 0 Å². The topological polar surface area (TPSA) is 61.4 Å². The maximum atomic E-state index is 12.1. The molecule has 1 atom stereocenters. The molecule has 0 aromatic carbocycles. The first-order valence-electron chi connectivity index (χ1n) is 7.46. The van der Waals surface area contributed by atoms with Crippen LogP contribution in [0.15, 0.2) is 0 Å². The van der Waals surface area contributed by atoms with Crippen LogP contribution in [0.3, 0.4) is 0 Å². The van der Waals surface area contributed by atoms with Crippen LogP contribution in [-0.4, -0.2) is 57.0 Å². The molecule has 7 heteroatoms. The summed E-state index contributed by atoms with van der Waals surface area (Å²) in [6.07, 6.45) is 2.80. The molecule has 20 heavy (non-hydrogen) atoms. The van der Waals surface area contributed by atoms with Gasteiger partial charge >= 0.3 is 0 Å². The average molecular weight is 326 g/mol. The molecule has 2 N–H and O–H groups in total. The third-order valence-electron chi connectivity index (χ3n) is 2.91. The van der Waals surface area contributed by atoms with Crippen molar-refractivity contribution in [1.82, 2.24) is 14.3 Å². The molecule has 0 fully saturated rings. The van der Waals surface area contributed by atoms with Crippen LogP contribution < -0.4 is 10.0 Å². The molecular formula is C13H31N3O2S2. The number of nitrogens with one attached hydrogen (secondary N) is 2. The van der Waals surface area contributed by atoms with Crippen molar-refractivity contribution in [3.63, 3.8) is 0 Å². The van der Waals surface area contributed by atoms with Gasteiger partial charge in [-0.2, -0.15) is 29.2 Å². The molecule has 0 aliphatic heterocycles. The Morgan fingerprint density at radius 1 is 1.25 bits per heavy atom. The lowest BCUT2D eigenvalue weighted by Crippen LogP contribution is -2.43. The first kappa shape index (κ1) is 20.2. The monoisotopic (exact) mass is 325 g/mol. The lowest BCUT2D eigenvalue weighted by Gasteiger charge is -2.21. The summed E-state index contributed by atoms with van der Waals surface area (Å²) in [5.41, 5.74) is 0. The van der Waals surface area contributed by atoms with E-state index in [1.807, 2.05) is 18.7 Å². The molecule has 0 amide bonds. The van der Waals surface area contributed by atoms with E-state index in [0.717, 1.165) is 43.9 Å². The summed E-state index contributed by atoms with van der Waals surface area (Å²) in [5, 5.41) is 3.27. The van der Waals surface area contributed by atoms with Crippen LogP contribution in [0.25, 0.3) is 0 Å². The van der Waals surface area contributed by atoms with E-state index in [1.165, 1.54) is 4.31 Å². The number of rotatable bonds is 13. The van der Waals surface area contributed by atoms with Gasteiger partial charge in [-0.15, -0.1) is 0 Å². The zero-order valence-electron chi connectivity index (χ0n) is 13.3. The highest BCUT2D eigenvalue weighted by Crippen LogP contribution is 2.06. The quantitative estimate of drug-likeness (QED) is 0.506. The highest BCUT2D eigenvalue weighted by molar-refractivity contribution is 7.99. The minimum atomic E-state index is -3.34. The van der Waals surface area contributed by atoms with Crippen LogP contribution >= 0.6 is 11.8 Å². The fourth-order valence-corrected chi connectivity index (χ4v) is 3.64. The Balaban J connectivity index is 3.95. The Kier molecular flexibility index (Phi) is 11.9. The van der Waals surface area contributed by atoms with Gasteiger partial charge in [-0.3, -0.25) is 0 Å². The van der Waals surface area contributed by atoms with Gasteiger partial charge in [0.15, 0.2) is 0 Å². The van der Waals surface area contributed by atoms with Crippen LogP contribution in [-0.2, 0) is 10.2 Å². The number of hydrogen-bond acceptors (Lipinski definition) is 4. The predicted octanol–water partition coefficient (Wildman–Crippen LogP) is 1.67. The molecule has 0 saturated heterocycles. The SMILES string of the molecule is CCCNCCCN(C)S(=O)(=O)NC(C)CCSCC. The van der Waals surface area contributed by atoms with Gasteiger partial charge in [0.05, 0.1) is 0 Å². The Bertz CT molecular complexity index is 324. The normalized spacial score (nSPS) is 13.8. The standard InChI is InChI=1S/C13H31N3O2S2/c1-5-9-14-10-7-11-16(4)20(17,18)15-13(3)8-12-19-6-2/h13-15H,5-12H2,1-4H3. The van der Waals surface area contributed by atoms with Crippen LogP contribution in [0.5, 0.6) is 0 Å². The Morgan fingerprint density at radius 3 is 2.55 bits per heavy atom. The van der Waals surface area contributed by atoms with Crippen molar-refractivity contribution in [2.75, 3.05) is 38.2 Å². The molecule has 0 bridgehead atoms. The van der Waals surface area contributed by atoms with E-state index >= 15 is 0 Å². The van der Waals surface area contributed by atoms with Crippen molar-refractivity contribution in [3.05, 3.63) is 0 Å². The molecule has 0 heterocycles. The molecule has 0 aromatic heterocycles. The highest BCUT2D eigenvalue weighted by atomic mass is 32.2. The second kappa shape index (κ2) is 11.8. The second-order valence-corrected chi connectivity index (χ2v) is 8.14. The van der Waals surface area contributed by atoms with Gasteiger partial charge in [0, 0.05) is 19.6 Å². The number of nitrogens with zero attached hydrogens (tertiary/aromatic N) is 1. The summed E-state index contributed by atoms with van der Waals surface area (Å²) < 4.78 is 28.3. The molecule has 0 saturated carbocycles. The summed E-state index contributed by atoms with van der Waals surface area (Å²) in [7, 11) is -1.71. The van der Waals surface area contributed by atoms with Crippen molar-refractivity contribution in [2.24, 2.45) is 0 Å². The van der Waals surface area contributed by atoms with Gasteiger partial charge in [-0.05, 0) is 50.8 Å². The lowest BCUT2D eigenvalue weighted by atomic mass is 10.3. The van der Waals surface area contributed by atoms with E-state index in [1.54, 1.807) is 7.05 Å². The second-order valence-electron chi connectivity index (χ2n) is 4.93. The smallest absolute Gasteiger partial charge is 0.279 e. The lowest BCUT2D eigenvalue weighted by molar-refractivity contribution is 0.436. The molecule has 0 spiro atoms. The molecule has 0 aliphatic carbocycles. The number of hydrogen-bond donors (Lipinski definition) is 2. The first-order chi connectivity index (χ1) is 9.44. The van der Waals surface area contributed by atoms with E-state index in [9.17, 15) is 8.42 Å². The van der Waals surface area contributed by atoms with Crippen molar-refractivity contribution < 1.29 is 8.42 Å². The van der Waals surface area contributed by atoms with E-state index in [0.29, 0.717) is 6.54 Å². The molecule has 1 unspecified atom stereocenters. The summed E-state index contributed by atoms with van der Waals surface area (Å²) in [5.74, 6) is 2.06. The predicted molar refractivity (Wildman–Crippen MR) is 89.5 cm³/mol. The van der Waals surface area contributed by atoms with E-state index in [4.69, 9.17) is 0 Å². The minimum Gasteiger partial charge on any atom is -0.317 e. The first-order valence-corrected chi connectivity index (χ1v) is 10.1. The van der Waals surface area contributed by atoms with Gasteiger partial charge < -0.3 is 5.32 Å². The van der Waals surface area contributed by atoms with Crippen LogP contribution in [0.1, 0.15) is 40.0 Å². The maximum Gasteiger partial charge on any atom is 0.279 e. The third-order valence-corrected chi connectivity index (χ3v) is 5.55. The zero-order chi connectivity index (χ0) is 15.4. The van der Waals surface area contributed by atoms with Gasteiger partial charge in [0.2, 0.25) is 0 Å². The van der Waals surface area contributed by atoms with Crippen molar-refractivity contribution >= 4 is 22.0 Å². The van der Waals surface area contributed by atoms with Crippen molar-refractivity contribution in [1.29, 1.82) is 0 Å². The highest BCUT2D eigenvalue weighted by Gasteiger charge is 2.19. The molecule has 0 rings (SSSR count). The van der Waals surface area contributed by atoms with Crippen LogP contribution in [0, 0.1) is 0 Å². The molecular weight excluding hydrogens is 294 g/mol. The molecule has 122 valence electrons. The molecule has 0 aromatic rings. The van der Waals surface area contributed by atoms with E-state index in [2.05, 4.69) is 23.9 Å². The van der Waals surface area contributed by atoms with Gasteiger partial charge in [0.1, 0.15) is 0 Å². The van der Waals surface area contributed by atoms with Crippen LogP contribution in [0.2, 0.25) is 0 Å². The number of thioether (sulfide) groups is 1. The van der Waals surface area contributed by atoms with Crippen molar-refractivity contribution in [2.45, 2.75) is 46.1 Å². The molecule has 0 radical (unpaired) electrons. The molecule has 5 nitrogen and oxygen atoms in total. The average Bonchev–Trinajstić information content (AvgIpc) is 2.38. The van der Waals surface area contributed by atoms with E-state index < -0.39 is 10.2 Å². The fraction of sp³-hybridized carbons (Fsp3) is 1.00. The van der Waals surface area contributed by atoms with Crippen molar-refractivity contribution in [3.8, 4) is 0 Å². The van der Waals surface area contributed by atoms with E-state index in [-0.39, 0.29) is 6.04 Å². The Morgan fingerprint density at radius 2 is 1.95 bits per heavy atom. The fourth-order valence-electron chi connectivity index (χ4n) is 1.66. The Labute approximate surface area is 129 Å². The Hall–Kier alpha value is 0.180. The summed E-state index contributed by atoms with van der Waals surface area (Å²) in [6.45, 7) is 8.54. The summed E-state index contributed by atoms with van der Waals surface area (Å²) >= 11 is 1.84. The maximum absolute atomic E-state index is 12.1. The third kappa shape index (κ3) is 9.99. The van der Waals surface area contributed by atoms with Gasteiger partial charge in [-0.1, -0.05) is 13.8 Å². The summed E-state index contributed by atoms with van der Waals surface area (Å²) in [4.78, 5) is 0. The summed E-state index contributed by atoms with van der Waals surface area (Å²) in [6, 6.07) is -0.0142. The van der Waals surface area contributed by atoms with Gasteiger partial charge in [0.25, 0.3) is 10.2 Å².